The molecule has 0 radical (unpaired) electrons. The normalized spacial score (nSPS) is 13.0. The molecule has 0 heterocycles. The Morgan fingerprint density at radius 1 is 1.12 bits per heavy atom. The lowest BCUT2D eigenvalue weighted by molar-refractivity contribution is 0.474. The maximum atomic E-state index is 5.87. The number of anilines is 1. The molecule has 0 saturated heterocycles. The lowest BCUT2D eigenvalue weighted by atomic mass is 10.1. The largest absolute Gasteiger partial charge is 0.398 e. The van der Waals surface area contributed by atoms with Crippen molar-refractivity contribution in [2.75, 3.05) is 12.3 Å². The summed E-state index contributed by atoms with van der Waals surface area (Å²) >= 11 is 0. The summed E-state index contributed by atoms with van der Waals surface area (Å²) in [5.74, 6) is 0. The third kappa shape index (κ3) is 4.64. The number of nitrogens with one attached hydrogen (secondary N) is 2. The van der Waals surface area contributed by atoms with Crippen LogP contribution in [0.25, 0.3) is 0 Å². The van der Waals surface area contributed by atoms with E-state index in [9.17, 15) is 0 Å². The van der Waals surface area contributed by atoms with Gasteiger partial charge in [0.2, 0.25) is 0 Å². The van der Waals surface area contributed by atoms with Crippen LogP contribution in [-0.4, -0.2) is 18.6 Å². The highest BCUT2D eigenvalue weighted by Gasteiger charge is 2.03. The number of benzene rings is 1. The molecule has 16 heavy (non-hydrogen) atoms. The maximum Gasteiger partial charge on any atom is 0.0359 e. The van der Waals surface area contributed by atoms with Gasteiger partial charge in [-0.1, -0.05) is 32.0 Å². The predicted molar refractivity (Wildman–Crippen MR) is 70.3 cm³/mol. The van der Waals surface area contributed by atoms with Gasteiger partial charge in [0, 0.05) is 30.9 Å². The summed E-state index contributed by atoms with van der Waals surface area (Å²) in [6.45, 7) is 8.29. The van der Waals surface area contributed by atoms with Crippen LogP contribution in [0.15, 0.2) is 24.3 Å². The summed E-state index contributed by atoms with van der Waals surface area (Å²) < 4.78 is 0. The second-order valence-corrected chi connectivity index (χ2v) is 4.54. The highest BCUT2D eigenvalue weighted by Crippen LogP contribution is 2.09. The second-order valence-electron chi connectivity index (χ2n) is 4.54. The summed E-state index contributed by atoms with van der Waals surface area (Å²) in [6.07, 6.45) is 0. The summed E-state index contributed by atoms with van der Waals surface area (Å²) in [5, 5.41) is 6.85. The molecule has 0 aromatic heterocycles. The van der Waals surface area contributed by atoms with Gasteiger partial charge in [0.15, 0.2) is 0 Å². The van der Waals surface area contributed by atoms with Gasteiger partial charge in [-0.3, -0.25) is 0 Å². The summed E-state index contributed by atoms with van der Waals surface area (Å²) in [5.41, 5.74) is 7.90. The molecule has 90 valence electrons. The average Bonchev–Trinajstić information content (AvgIpc) is 2.25. The van der Waals surface area contributed by atoms with Crippen LogP contribution in [0.5, 0.6) is 0 Å². The molecule has 1 unspecified atom stereocenters. The first kappa shape index (κ1) is 13.0. The average molecular weight is 221 g/mol. The molecule has 3 nitrogen and oxygen atoms in total. The topological polar surface area (TPSA) is 50.1 Å². The van der Waals surface area contributed by atoms with Crippen LogP contribution >= 0.6 is 0 Å². The third-order valence-electron chi connectivity index (χ3n) is 2.53. The smallest absolute Gasteiger partial charge is 0.0359 e. The molecule has 0 saturated carbocycles. The molecule has 0 amide bonds. The van der Waals surface area contributed by atoms with E-state index >= 15 is 0 Å². The maximum absolute atomic E-state index is 5.87. The first-order valence-electron chi connectivity index (χ1n) is 5.89. The van der Waals surface area contributed by atoms with Gasteiger partial charge in [-0.2, -0.15) is 0 Å². The van der Waals surface area contributed by atoms with Crippen molar-refractivity contribution in [2.24, 2.45) is 0 Å². The first-order valence-corrected chi connectivity index (χ1v) is 5.89. The zero-order chi connectivity index (χ0) is 12.0. The van der Waals surface area contributed by atoms with Crippen molar-refractivity contribution in [3.05, 3.63) is 29.8 Å². The van der Waals surface area contributed by atoms with Crippen LogP contribution in [0.3, 0.4) is 0 Å². The van der Waals surface area contributed by atoms with Crippen molar-refractivity contribution in [3.63, 3.8) is 0 Å². The van der Waals surface area contributed by atoms with Crippen molar-refractivity contribution in [1.82, 2.24) is 10.6 Å². The van der Waals surface area contributed by atoms with Crippen molar-refractivity contribution < 1.29 is 0 Å². The van der Waals surface area contributed by atoms with Gasteiger partial charge in [-0.15, -0.1) is 0 Å². The Kier molecular flexibility index (Phi) is 5.29. The van der Waals surface area contributed by atoms with E-state index in [-0.39, 0.29) is 0 Å². The van der Waals surface area contributed by atoms with Gasteiger partial charge in [0.25, 0.3) is 0 Å². The Bertz CT molecular complexity index is 310. The molecular weight excluding hydrogens is 198 g/mol. The standard InChI is InChI=1S/C13H23N3/c1-10(2)15-8-11(3)16-9-12-6-4-5-7-13(12)14/h4-7,10-11,15-16H,8-9,14H2,1-3H3. The van der Waals surface area contributed by atoms with Crippen molar-refractivity contribution >= 4 is 5.69 Å². The summed E-state index contributed by atoms with van der Waals surface area (Å²) in [7, 11) is 0. The number of rotatable bonds is 6. The second kappa shape index (κ2) is 6.51. The lowest BCUT2D eigenvalue weighted by Crippen LogP contribution is -2.38. The molecule has 0 fully saturated rings. The molecule has 1 atom stereocenters. The van der Waals surface area contributed by atoms with Crippen LogP contribution in [0, 0.1) is 0 Å². The molecular formula is C13H23N3. The van der Waals surface area contributed by atoms with E-state index in [0.29, 0.717) is 12.1 Å². The lowest BCUT2D eigenvalue weighted by Gasteiger charge is -2.17. The van der Waals surface area contributed by atoms with Crippen molar-refractivity contribution in [3.8, 4) is 0 Å². The van der Waals surface area contributed by atoms with E-state index in [1.54, 1.807) is 0 Å². The molecule has 0 bridgehead atoms. The number of hydrogen-bond acceptors (Lipinski definition) is 3. The van der Waals surface area contributed by atoms with Crippen LogP contribution in [-0.2, 0) is 6.54 Å². The van der Waals surface area contributed by atoms with E-state index in [2.05, 4.69) is 37.5 Å². The highest BCUT2D eigenvalue weighted by molar-refractivity contribution is 5.46. The van der Waals surface area contributed by atoms with Gasteiger partial charge in [-0.25, -0.2) is 0 Å². The highest BCUT2D eigenvalue weighted by atomic mass is 15.0. The molecule has 0 spiro atoms. The van der Waals surface area contributed by atoms with Gasteiger partial charge in [0.1, 0.15) is 0 Å². The van der Waals surface area contributed by atoms with Crippen molar-refractivity contribution in [1.29, 1.82) is 0 Å². The molecule has 0 aliphatic carbocycles. The fraction of sp³-hybridized carbons (Fsp3) is 0.538. The van der Waals surface area contributed by atoms with Gasteiger partial charge in [-0.05, 0) is 18.6 Å². The van der Waals surface area contributed by atoms with E-state index in [1.165, 1.54) is 5.56 Å². The number of nitrogen functional groups attached to an aromatic ring is 1. The molecule has 0 aliphatic rings. The van der Waals surface area contributed by atoms with E-state index in [0.717, 1.165) is 18.8 Å². The van der Waals surface area contributed by atoms with Gasteiger partial charge < -0.3 is 16.4 Å². The Labute approximate surface area is 98.4 Å². The molecule has 0 aliphatic heterocycles. The van der Waals surface area contributed by atoms with E-state index in [1.807, 2.05) is 18.2 Å². The Morgan fingerprint density at radius 2 is 1.81 bits per heavy atom. The van der Waals surface area contributed by atoms with Gasteiger partial charge >= 0.3 is 0 Å². The Hall–Kier alpha value is -1.06. The van der Waals surface area contributed by atoms with Crippen molar-refractivity contribution in [2.45, 2.75) is 39.4 Å². The molecule has 1 aromatic carbocycles. The minimum atomic E-state index is 0.446. The summed E-state index contributed by atoms with van der Waals surface area (Å²) in [6, 6.07) is 8.96. The quantitative estimate of drug-likeness (QED) is 0.641. The van der Waals surface area contributed by atoms with E-state index < -0.39 is 0 Å². The minimum absolute atomic E-state index is 0.446. The van der Waals surface area contributed by atoms with Crippen LogP contribution in [0.2, 0.25) is 0 Å². The first-order chi connectivity index (χ1) is 7.59. The fourth-order valence-corrected chi connectivity index (χ4v) is 1.46. The third-order valence-corrected chi connectivity index (χ3v) is 2.53. The number of hydrogen-bond donors (Lipinski definition) is 3. The van der Waals surface area contributed by atoms with Crippen LogP contribution < -0.4 is 16.4 Å². The SMILES string of the molecule is CC(C)NCC(C)NCc1ccccc1N. The zero-order valence-electron chi connectivity index (χ0n) is 10.5. The molecule has 1 aromatic rings. The van der Waals surface area contributed by atoms with Crippen LogP contribution in [0.4, 0.5) is 5.69 Å². The molecule has 1 rings (SSSR count). The Morgan fingerprint density at radius 3 is 2.44 bits per heavy atom. The number of nitrogens with two attached hydrogens (primary N) is 1. The summed E-state index contributed by atoms with van der Waals surface area (Å²) in [4.78, 5) is 0. The monoisotopic (exact) mass is 221 g/mol. The predicted octanol–water partition coefficient (Wildman–Crippen LogP) is 1.74. The Balaban J connectivity index is 2.31. The van der Waals surface area contributed by atoms with Crippen LogP contribution in [0.1, 0.15) is 26.3 Å². The van der Waals surface area contributed by atoms with E-state index in [4.69, 9.17) is 5.73 Å². The fourth-order valence-electron chi connectivity index (χ4n) is 1.46. The van der Waals surface area contributed by atoms with Gasteiger partial charge in [0.05, 0.1) is 0 Å². The molecule has 4 N–H and O–H groups in total. The minimum Gasteiger partial charge on any atom is -0.398 e. The molecule has 3 heteroatoms. The zero-order valence-corrected chi connectivity index (χ0v) is 10.5. The number of para-hydroxylation sites is 1.